The summed E-state index contributed by atoms with van der Waals surface area (Å²) in [5.74, 6) is 5.11. The third-order valence-corrected chi connectivity index (χ3v) is 2.74. The van der Waals surface area contributed by atoms with Gasteiger partial charge < -0.3 is 0 Å². The summed E-state index contributed by atoms with van der Waals surface area (Å²) >= 11 is 0. The number of primary sulfonamides is 1. The molecule has 0 atom stereocenters. The minimum Gasteiger partial charge on any atom is -0.271 e. The summed E-state index contributed by atoms with van der Waals surface area (Å²) < 4.78 is 21.8. The van der Waals surface area contributed by atoms with Crippen LogP contribution in [0.25, 0.3) is 0 Å². The molecule has 0 amide bonds. The largest absolute Gasteiger partial charge is 0.271 e. The number of hydrogen-bond donors (Lipinski definition) is 3. The summed E-state index contributed by atoms with van der Waals surface area (Å²) in [6.07, 6.45) is 0.751. The van der Waals surface area contributed by atoms with Crippen LogP contribution in [0.15, 0.2) is 29.2 Å². The fourth-order valence-electron chi connectivity index (χ4n) is 1.06. The summed E-state index contributed by atoms with van der Waals surface area (Å²) in [4.78, 5) is 0.127. The van der Waals surface area contributed by atoms with E-state index in [9.17, 15) is 8.42 Å². The van der Waals surface area contributed by atoms with E-state index in [1.54, 1.807) is 12.1 Å². The molecule has 1 aromatic carbocycles. The highest BCUT2D eigenvalue weighted by Crippen LogP contribution is 2.08. The Labute approximate surface area is 83.1 Å². The van der Waals surface area contributed by atoms with Gasteiger partial charge in [-0.05, 0) is 24.1 Å². The average Bonchev–Trinajstić information content (AvgIpc) is 2.14. The molecule has 5 N–H and O–H groups in total. The molecule has 5 nitrogen and oxygen atoms in total. The van der Waals surface area contributed by atoms with E-state index in [2.05, 4.69) is 5.43 Å². The first-order valence-electron chi connectivity index (χ1n) is 4.09. The molecule has 6 heteroatoms. The van der Waals surface area contributed by atoms with Gasteiger partial charge in [-0.15, -0.1) is 0 Å². The summed E-state index contributed by atoms with van der Waals surface area (Å²) in [5.41, 5.74) is 3.53. The second-order valence-electron chi connectivity index (χ2n) is 2.89. The maximum absolute atomic E-state index is 10.9. The summed E-state index contributed by atoms with van der Waals surface area (Å²) in [6.45, 7) is 0.648. The first-order chi connectivity index (χ1) is 6.54. The predicted molar refractivity (Wildman–Crippen MR) is 53.7 cm³/mol. The van der Waals surface area contributed by atoms with Gasteiger partial charge in [-0.25, -0.2) is 13.6 Å². The van der Waals surface area contributed by atoms with Crippen molar-refractivity contribution in [3.05, 3.63) is 29.8 Å². The Balaban J connectivity index is 2.79. The molecule has 14 heavy (non-hydrogen) atoms. The zero-order valence-electron chi connectivity index (χ0n) is 7.60. The molecule has 0 aliphatic rings. The summed E-state index contributed by atoms with van der Waals surface area (Å²) in [7, 11) is -3.58. The molecule has 0 saturated carbocycles. The van der Waals surface area contributed by atoms with Crippen molar-refractivity contribution in [2.24, 2.45) is 11.0 Å². The monoisotopic (exact) mass is 215 g/mol. The van der Waals surface area contributed by atoms with Gasteiger partial charge in [-0.1, -0.05) is 12.1 Å². The summed E-state index contributed by atoms with van der Waals surface area (Å²) in [6, 6.07) is 6.41. The highest BCUT2D eigenvalue weighted by molar-refractivity contribution is 7.89. The van der Waals surface area contributed by atoms with E-state index in [-0.39, 0.29) is 4.90 Å². The van der Waals surface area contributed by atoms with Crippen LogP contribution in [0.5, 0.6) is 0 Å². The third kappa shape index (κ3) is 3.08. The van der Waals surface area contributed by atoms with E-state index >= 15 is 0 Å². The lowest BCUT2D eigenvalue weighted by atomic mass is 10.2. The molecule has 78 valence electrons. The van der Waals surface area contributed by atoms with Gasteiger partial charge in [0.2, 0.25) is 10.0 Å². The number of rotatable bonds is 4. The molecule has 1 aromatic rings. The van der Waals surface area contributed by atoms with Gasteiger partial charge in [0.15, 0.2) is 0 Å². The Morgan fingerprint density at radius 3 is 2.21 bits per heavy atom. The van der Waals surface area contributed by atoms with Crippen LogP contribution in [0.2, 0.25) is 0 Å². The highest BCUT2D eigenvalue weighted by atomic mass is 32.2. The minimum atomic E-state index is -3.58. The molecule has 0 aliphatic carbocycles. The Bertz CT molecular complexity index is 386. The average molecular weight is 215 g/mol. The lowest BCUT2D eigenvalue weighted by Crippen LogP contribution is -2.24. The van der Waals surface area contributed by atoms with Gasteiger partial charge >= 0.3 is 0 Å². The zero-order valence-corrected chi connectivity index (χ0v) is 8.42. The van der Waals surface area contributed by atoms with Gasteiger partial charge in [-0.2, -0.15) is 0 Å². The van der Waals surface area contributed by atoms with Gasteiger partial charge in [0, 0.05) is 6.54 Å². The fraction of sp³-hybridized carbons (Fsp3) is 0.250. The second kappa shape index (κ2) is 4.52. The van der Waals surface area contributed by atoms with Crippen LogP contribution < -0.4 is 16.4 Å². The molecular formula is C8H13N3O2S. The predicted octanol–water partition coefficient (Wildman–Crippen LogP) is -0.660. The van der Waals surface area contributed by atoms with Crippen LogP contribution in [-0.4, -0.2) is 15.0 Å². The molecule has 0 aliphatic heterocycles. The topological polar surface area (TPSA) is 98.2 Å². The van der Waals surface area contributed by atoms with Crippen molar-refractivity contribution in [1.82, 2.24) is 5.43 Å². The van der Waals surface area contributed by atoms with Crippen LogP contribution in [0.1, 0.15) is 5.56 Å². The number of hydrazine groups is 1. The fourth-order valence-corrected chi connectivity index (χ4v) is 1.58. The van der Waals surface area contributed by atoms with Gasteiger partial charge in [0.1, 0.15) is 0 Å². The number of sulfonamides is 1. The molecule has 0 spiro atoms. The molecule has 0 bridgehead atoms. The Morgan fingerprint density at radius 2 is 1.79 bits per heavy atom. The maximum Gasteiger partial charge on any atom is 0.238 e. The molecule has 0 fully saturated rings. The normalized spacial score (nSPS) is 11.6. The van der Waals surface area contributed by atoms with Crippen molar-refractivity contribution in [3.8, 4) is 0 Å². The Hall–Kier alpha value is -0.950. The van der Waals surface area contributed by atoms with Crippen molar-refractivity contribution in [3.63, 3.8) is 0 Å². The SMILES string of the molecule is NNCCc1ccc(S(N)(=O)=O)cc1. The van der Waals surface area contributed by atoms with E-state index in [1.165, 1.54) is 12.1 Å². The molecule has 0 radical (unpaired) electrons. The first kappa shape index (κ1) is 11.1. The van der Waals surface area contributed by atoms with E-state index in [1.807, 2.05) is 0 Å². The van der Waals surface area contributed by atoms with Crippen molar-refractivity contribution >= 4 is 10.0 Å². The Kier molecular flexibility index (Phi) is 3.59. The van der Waals surface area contributed by atoms with E-state index in [4.69, 9.17) is 11.0 Å². The number of hydrogen-bond acceptors (Lipinski definition) is 4. The van der Waals surface area contributed by atoms with E-state index in [0.29, 0.717) is 6.54 Å². The van der Waals surface area contributed by atoms with E-state index in [0.717, 1.165) is 12.0 Å². The molecule has 0 heterocycles. The maximum atomic E-state index is 10.9. The third-order valence-electron chi connectivity index (χ3n) is 1.81. The van der Waals surface area contributed by atoms with Gasteiger partial charge in [-0.3, -0.25) is 11.3 Å². The van der Waals surface area contributed by atoms with Crippen molar-refractivity contribution < 1.29 is 8.42 Å². The lowest BCUT2D eigenvalue weighted by molar-refractivity contribution is 0.597. The quantitative estimate of drug-likeness (QED) is 0.458. The highest BCUT2D eigenvalue weighted by Gasteiger charge is 2.05. The van der Waals surface area contributed by atoms with Crippen LogP contribution >= 0.6 is 0 Å². The lowest BCUT2D eigenvalue weighted by Gasteiger charge is -2.02. The van der Waals surface area contributed by atoms with Crippen LogP contribution in [-0.2, 0) is 16.4 Å². The standard InChI is InChI=1S/C8H13N3O2S/c9-11-6-5-7-1-3-8(4-2-7)14(10,12)13/h1-4,11H,5-6,9H2,(H2,10,12,13). The van der Waals surface area contributed by atoms with Crippen molar-refractivity contribution in [2.75, 3.05) is 6.54 Å². The van der Waals surface area contributed by atoms with Gasteiger partial charge in [0.25, 0.3) is 0 Å². The van der Waals surface area contributed by atoms with Crippen LogP contribution in [0.4, 0.5) is 0 Å². The molecule has 0 unspecified atom stereocenters. The molecule has 0 aromatic heterocycles. The number of nitrogens with one attached hydrogen (secondary N) is 1. The smallest absolute Gasteiger partial charge is 0.238 e. The molecular weight excluding hydrogens is 202 g/mol. The van der Waals surface area contributed by atoms with E-state index < -0.39 is 10.0 Å². The zero-order chi connectivity index (χ0) is 10.6. The number of nitrogens with two attached hydrogens (primary N) is 2. The second-order valence-corrected chi connectivity index (χ2v) is 4.45. The summed E-state index contributed by atoms with van der Waals surface area (Å²) in [5, 5.41) is 4.95. The van der Waals surface area contributed by atoms with Crippen LogP contribution in [0.3, 0.4) is 0 Å². The molecule has 1 rings (SSSR count). The molecule has 0 saturated heterocycles. The van der Waals surface area contributed by atoms with Gasteiger partial charge in [0.05, 0.1) is 4.90 Å². The minimum absolute atomic E-state index is 0.127. The van der Waals surface area contributed by atoms with Crippen molar-refractivity contribution in [2.45, 2.75) is 11.3 Å². The van der Waals surface area contributed by atoms with Crippen molar-refractivity contribution in [1.29, 1.82) is 0 Å². The van der Waals surface area contributed by atoms with Crippen LogP contribution in [0, 0.1) is 0 Å². The number of benzene rings is 1. The first-order valence-corrected chi connectivity index (χ1v) is 5.64. The Morgan fingerprint density at radius 1 is 1.21 bits per heavy atom.